The van der Waals surface area contributed by atoms with E-state index in [1.165, 1.54) is 13.0 Å². The van der Waals surface area contributed by atoms with E-state index in [1.54, 1.807) is 72.8 Å². The lowest BCUT2D eigenvalue weighted by Crippen LogP contribution is -2.30. The number of ether oxygens (including phenoxy) is 1. The highest BCUT2D eigenvalue weighted by Gasteiger charge is 2.23. The molecule has 0 aromatic heterocycles. The fourth-order valence-corrected chi connectivity index (χ4v) is 2.86. The lowest BCUT2D eigenvalue weighted by Gasteiger charge is -2.15. The van der Waals surface area contributed by atoms with Gasteiger partial charge in [-0.05, 0) is 25.1 Å². The lowest BCUT2D eigenvalue weighted by atomic mass is 9.98. The molecule has 3 rings (SSSR count). The number of rotatable bonds is 6. The van der Waals surface area contributed by atoms with E-state index in [9.17, 15) is 14.4 Å². The summed E-state index contributed by atoms with van der Waals surface area (Å²) in [4.78, 5) is 37.8. The highest BCUT2D eigenvalue weighted by molar-refractivity contribution is 6.33. The average Bonchev–Trinajstić information content (AvgIpc) is 2.75. The summed E-state index contributed by atoms with van der Waals surface area (Å²) in [5.41, 5.74) is 1.18. The topological polar surface area (TPSA) is 72.5 Å². The molecule has 1 N–H and O–H groups in total. The van der Waals surface area contributed by atoms with Gasteiger partial charge in [0.25, 0.3) is 5.91 Å². The molecule has 5 nitrogen and oxygen atoms in total. The fraction of sp³-hybridized carbons (Fsp3) is 0.0870. The first-order chi connectivity index (χ1) is 14.0. The number of para-hydroxylation sites is 1. The number of ketones is 1. The van der Waals surface area contributed by atoms with Crippen molar-refractivity contribution in [2.24, 2.45) is 0 Å². The maximum Gasteiger partial charge on any atom is 0.339 e. The van der Waals surface area contributed by atoms with Crippen molar-refractivity contribution in [3.63, 3.8) is 0 Å². The van der Waals surface area contributed by atoms with Crippen LogP contribution >= 0.6 is 11.6 Å². The molecule has 0 aliphatic rings. The van der Waals surface area contributed by atoms with E-state index in [0.29, 0.717) is 16.3 Å². The second-order valence-corrected chi connectivity index (χ2v) is 6.66. The van der Waals surface area contributed by atoms with Crippen molar-refractivity contribution in [1.82, 2.24) is 0 Å². The zero-order valence-corrected chi connectivity index (χ0v) is 16.3. The molecule has 0 aliphatic heterocycles. The van der Waals surface area contributed by atoms with Crippen molar-refractivity contribution in [2.45, 2.75) is 13.0 Å². The molecule has 1 atom stereocenters. The van der Waals surface area contributed by atoms with Crippen LogP contribution in [0.4, 0.5) is 5.69 Å². The van der Waals surface area contributed by atoms with Gasteiger partial charge in [-0.15, -0.1) is 0 Å². The van der Waals surface area contributed by atoms with E-state index in [-0.39, 0.29) is 16.9 Å². The Morgan fingerprint density at radius 3 is 2.10 bits per heavy atom. The summed E-state index contributed by atoms with van der Waals surface area (Å²) in [5.74, 6) is -1.59. The Morgan fingerprint density at radius 1 is 0.828 bits per heavy atom. The van der Waals surface area contributed by atoms with Crippen LogP contribution in [0.15, 0.2) is 78.9 Å². The monoisotopic (exact) mass is 407 g/mol. The predicted octanol–water partition coefficient (Wildman–Crippen LogP) is 4.76. The molecule has 1 unspecified atom stereocenters. The van der Waals surface area contributed by atoms with Gasteiger partial charge in [-0.25, -0.2) is 4.79 Å². The highest BCUT2D eigenvalue weighted by Crippen LogP contribution is 2.21. The van der Waals surface area contributed by atoms with Crippen LogP contribution in [0.5, 0.6) is 0 Å². The van der Waals surface area contributed by atoms with Gasteiger partial charge in [0.1, 0.15) is 0 Å². The van der Waals surface area contributed by atoms with E-state index < -0.39 is 18.0 Å². The Hall–Kier alpha value is -3.44. The van der Waals surface area contributed by atoms with Gasteiger partial charge < -0.3 is 10.1 Å². The van der Waals surface area contributed by atoms with Gasteiger partial charge in [0.2, 0.25) is 0 Å². The number of benzene rings is 3. The summed E-state index contributed by atoms with van der Waals surface area (Å²) in [5, 5.41) is 2.99. The molecule has 0 aliphatic carbocycles. The molecule has 0 saturated heterocycles. The number of nitrogens with one attached hydrogen (secondary N) is 1. The molecule has 146 valence electrons. The fourth-order valence-electron chi connectivity index (χ4n) is 2.68. The van der Waals surface area contributed by atoms with Gasteiger partial charge in [0, 0.05) is 11.1 Å². The minimum absolute atomic E-state index is 0.0961. The van der Waals surface area contributed by atoms with Crippen molar-refractivity contribution < 1.29 is 19.1 Å². The maximum atomic E-state index is 12.8. The number of halogens is 1. The average molecular weight is 408 g/mol. The van der Waals surface area contributed by atoms with Crippen LogP contribution in [0, 0.1) is 0 Å². The number of amides is 1. The molecule has 6 heteroatoms. The second-order valence-electron chi connectivity index (χ2n) is 6.26. The predicted molar refractivity (Wildman–Crippen MR) is 111 cm³/mol. The molecule has 0 heterocycles. The summed E-state index contributed by atoms with van der Waals surface area (Å²) in [7, 11) is 0. The van der Waals surface area contributed by atoms with Gasteiger partial charge >= 0.3 is 5.97 Å². The van der Waals surface area contributed by atoms with Crippen LogP contribution in [0.2, 0.25) is 5.02 Å². The summed E-state index contributed by atoms with van der Waals surface area (Å²) < 4.78 is 5.29. The third kappa shape index (κ3) is 4.89. The number of hydrogen-bond donors (Lipinski definition) is 1. The first kappa shape index (κ1) is 20.3. The molecule has 1 amide bonds. The number of carbonyl (C=O) groups excluding carboxylic acids is 3. The Morgan fingerprint density at radius 2 is 1.41 bits per heavy atom. The smallest absolute Gasteiger partial charge is 0.339 e. The van der Waals surface area contributed by atoms with Gasteiger partial charge in [0.05, 0.1) is 16.3 Å². The maximum absolute atomic E-state index is 12.8. The summed E-state index contributed by atoms with van der Waals surface area (Å²) in [6.45, 7) is 1.45. The van der Waals surface area contributed by atoms with Gasteiger partial charge in [-0.1, -0.05) is 72.3 Å². The van der Waals surface area contributed by atoms with Crippen molar-refractivity contribution in [1.29, 1.82) is 0 Å². The molecule has 0 bridgehead atoms. The van der Waals surface area contributed by atoms with E-state index in [0.717, 1.165) is 0 Å². The number of anilines is 1. The number of esters is 1. The Bertz CT molecular complexity index is 1050. The molecule has 0 spiro atoms. The van der Waals surface area contributed by atoms with Crippen LogP contribution in [0.3, 0.4) is 0 Å². The van der Waals surface area contributed by atoms with E-state index in [2.05, 4.69) is 5.32 Å². The van der Waals surface area contributed by atoms with Crippen molar-refractivity contribution >= 4 is 34.9 Å². The molecular formula is C23H18ClNO4. The van der Waals surface area contributed by atoms with Crippen molar-refractivity contribution in [3.8, 4) is 0 Å². The first-order valence-corrected chi connectivity index (χ1v) is 9.30. The van der Waals surface area contributed by atoms with Crippen LogP contribution in [-0.4, -0.2) is 23.8 Å². The van der Waals surface area contributed by atoms with Crippen LogP contribution in [0.25, 0.3) is 0 Å². The van der Waals surface area contributed by atoms with Crippen LogP contribution in [-0.2, 0) is 9.53 Å². The third-order valence-corrected chi connectivity index (χ3v) is 4.54. The standard InChI is InChI=1S/C23H18ClNO4/c1-15(22(27)25-20-14-8-7-13-19(20)24)29-23(28)18-12-6-5-11-17(18)21(26)16-9-3-2-4-10-16/h2-15H,1H3,(H,25,27). The first-order valence-electron chi connectivity index (χ1n) is 8.92. The minimum Gasteiger partial charge on any atom is -0.449 e. The largest absolute Gasteiger partial charge is 0.449 e. The van der Waals surface area contributed by atoms with E-state index >= 15 is 0 Å². The molecule has 0 radical (unpaired) electrons. The Labute approximate surface area is 173 Å². The van der Waals surface area contributed by atoms with Crippen LogP contribution in [0.1, 0.15) is 33.2 Å². The normalized spacial score (nSPS) is 11.4. The SMILES string of the molecule is CC(OC(=O)c1ccccc1C(=O)c1ccccc1)C(=O)Nc1ccccc1Cl. The molecule has 29 heavy (non-hydrogen) atoms. The quantitative estimate of drug-likeness (QED) is 0.472. The third-order valence-electron chi connectivity index (χ3n) is 4.21. The Balaban J connectivity index is 1.75. The second kappa shape index (κ2) is 9.17. The van der Waals surface area contributed by atoms with Gasteiger partial charge in [-0.3, -0.25) is 9.59 Å². The van der Waals surface area contributed by atoms with Gasteiger partial charge in [-0.2, -0.15) is 0 Å². The number of carbonyl (C=O) groups is 3. The lowest BCUT2D eigenvalue weighted by molar-refractivity contribution is -0.123. The van der Waals surface area contributed by atoms with E-state index in [4.69, 9.17) is 16.3 Å². The summed E-state index contributed by atoms with van der Waals surface area (Å²) in [6.07, 6.45) is -1.08. The molecule has 0 fully saturated rings. The minimum atomic E-state index is -1.08. The number of hydrogen-bond acceptors (Lipinski definition) is 4. The highest BCUT2D eigenvalue weighted by atomic mass is 35.5. The van der Waals surface area contributed by atoms with E-state index in [1.807, 2.05) is 0 Å². The molecular weight excluding hydrogens is 390 g/mol. The summed E-state index contributed by atoms with van der Waals surface area (Å²) in [6, 6.07) is 21.7. The van der Waals surface area contributed by atoms with Crippen molar-refractivity contribution in [2.75, 3.05) is 5.32 Å². The Kier molecular flexibility index (Phi) is 6.42. The molecule has 0 saturated carbocycles. The van der Waals surface area contributed by atoms with Gasteiger partial charge in [0.15, 0.2) is 11.9 Å². The van der Waals surface area contributed by atoms with Crippen LogP contribution < -0.4 is 5.32 Å². The summed E-state index contributed by atoms with van der Waals surface area (Å²) >= 11 is 6.03. The van der Waals surface area contributed by atoms with Crippen molar-refractivity contribution in [3.05, 3.63) is 101 Å². The molecule has 3 aromatic carbocycles. The zero-order chi connectivity index (χ0) is 20.8. The zero-order valence-electron chi connectivity index (χ0n) is 15.6. The molecule has 3 aromatic rings.